The predicted octanol–water partition coefficient (Wildman–Crippen LogP) is 5.13. The van der Waals surface area contributed by atoms with Crippen LogP contribution in [-0.4, -0.2) is 32.5 Å². The molecule has 5 nitrogen and oxygen atoms in total. The Labute approximate surface area is 168 Å². The van der Waals surface area contributed by atoms with Gasteiger partial charge in [-0.1, -0.05) is 37.6 Å². The number of thioether (sulfide) groups is 1. The molecule has 0 radical (unpaired) electrons. The lowest BCUT2D eigenvalue weighted by Crippen LogP contribution is -2.32. The molecule has 1 amide bonds. The van der Waals surface area contributed by atoms with Crippen LogP contribution in [0.3, 0.4) is 0 Å². The quantitative estimate of drug-likeness (QED) is 0.628. The van der Waals surface area contributed by atoms with E-state index in [1.165, 1.54) is 17.3 Å². The molecule has 28 heavy (non-hydrogen) atoms. The summed E-state index contributed by atoms with van der Waals surface area (Å²) < 4.78 is 0. The van der Waals surface area contributed by atoms with Crippen LogP contribution in [0.1, 0.15) is 25.0 Å². The molecule has 0 spiro atoms. The fourth-order valence-electron chi connectivity index (χ4n) is 3.04. The summed E-state index contributed by atoms with van der Waals surface area (Å²) in [6.45, 7) is 6.91. The molecule has 0 saturated carbocycles. The number of amidine groups is 1. The summed E-state index contributed by atoms with van der Waals surface area (Å²) >= 11 is 1.43. The van der Waals surface area contributed by atoms with Gasteiger partial charge in [-0.05, 0) is 60.5 Å². The molecule has 2 aromatic carbocycles. The van der Waals surface area contributed by atoms with Crippen molar-refractivity contribution < 1.29 is 4.79 Å². The predicted molar refractivity (Wildman–Crippen MR) is 116 cm³/mol. The Morgan fingerprint density at radius 2 is 2.00 bits per heavy atom. The van der Waals surface area contributed by atoms with Crippen molar-refractivity contribution in [1.82, 2.24) is 14.9 Å². The molecule has 1 aliphatic heterocycles. The van der Waals surface area contributed by atoms with Crippen LogP contribution < -0.4 is 0 Å². The van der Waals surface area contributed by atoms with Crippen molar-refractivity contribution in [3.05, 3.63) is 64.8 Å². The fourth-order valence-corrected chi connectivity index (χ4v) is 4.05. The van der Waals surface area contributed by atoms with Gasteiger partial charge in [0, 0.05) is 6.54 Å². The number of hydrogen-bond acceptors (Lipinski definition) is 4. The maximum absolute atomic E-state index is 13.0. The minimum absolute atomic E-state index is 0.00619. The minimum Gasteiger partial charge on any atom is -0.345 e. The molecule has 3 aromatic rings. The maximum Gasteiger partial charge on any atom is 0.266 e. The van der Waals surface area contributed by atoms with Gasteiger partial charge in [-0.25, -0.2) is 9.98 Å². The lowest BCUT2D eigenvalue weighted by molar-refractivity contribution is -0.122. The fraction of sp³-hybridized carbons (Fsp3) is 0.227. The number of carbonyl (C=O) groups excluding carboxylic acids is 1. The third-order valence-corrected chi connectivity index (χ3v) is 5.44. The van der Waals surface area contributed by atoms with Crippen molar-refractivity contribution in [2.75, 3.05) is 6.54 Å². The minimum atomic E-state index is 0.00619. The van der Waals surface area contributed by atoms with E-state index in [1.54, 1.807) is 11.2 Å². The van der Waals surface area contributed by atoms with Crippen LogP contribution in [0.4, 0.5) is 5.69 Å². The highest BCUT2D eigenvalue weighted by Gasteiger charge is 2.33. The Bertz CT molecular complexity index is 1080. The van der Waals surface area contributed by atoms with E-state index >= 15 is 0 Å². The molecule has 6 heteroatoms. The number of nitrogens with zero attached hydrogens (tertiary/aromatic N) is 3. The molecule has 142 valence electrons. The molecular formula is C22H22N4OS. The average molecular weight is 391 g/mol. The zero-order valence-corrected chi connectivity index (χ0v) is 17.0. The van der Waals surface area contributed by atoms with Crippen LogP contribution in [0.5, 0.6) is 0 Å². The number of benzene rings is 2. The molecule has 1 aliphatic rings. The number of imidazole rings is 1. The third kappa shape index (κ3) is 3.87. The summed E-state index contributed by atoms with van der Waals surface area (Å²) in [5.74, 6) is 0.360. The molecule has 0 unspecified atom stereocenters. The van der Waals surface area contributed by atoms with E-state index in [-0.39, 0.29) is 5.91 Å². The molecule has 4 rings (SSSR count). The molecule has 0 bridgehead atoms. The lowest BCUT2D eigenvalue weighted by atomic mass is 10.1. The number of aromatic nitrogens is 2. The molecule has 1 fully saturated rings. The second-order valence-corrected chi connectivity index (χ2v) is 8.34. The van der Waals surface area contributed by atoms with E-state index in [4.69, 9.17) is 4.99 Å². The molecule has 1 aromatic heterocycles. The maximum atomic E-state index is 13.0. The highest BCUT2D eigenvalue weighted by atomic mass is 32.2. The topological polar surface area (TPSA) is 61.4 Å². The normalized spacial score (nSPS) is 17.6. The Morgan fingerprint density at radius 1 is 1.21 bits per heavy atom. The van der Waals surface area contributed by atoms with Crippen LogP contribution >= 0.6 is 11.8 Å². The second-order valence-electron chi connectivity index (χ2n) is 7.33. The monoisotopic (exact) mass is 390 g/mol. The highest BCUT2D eigenvalue weighted by Crippen LogP contribution is 2.35. The molecule has 1 N–H and O–H groups in total. The van der Waals surface area contributed by atoms with Crippen molar-refractivity contribution in [3.8, 4) is 0 Å². The van der Waals surface area contributed by atoms with E-state index in [9.17, 15) is 4.79 Å². The number of aliphatic imine (C=N–C) groups is 1. The highest BCUT2D eigenvalue weighted by molar-refractivity contribution is 8.18. The number of aromatic amines is 1. The summed E-state index contributed by atoms with van der Waals surface area (Å²) in [7, 11) is 0. The van der Waals surface area contributed by atoms with Gasteiger partial charge in [0.1, 0.15) is 0 Å². The van der Waals surface area contributed by atoms with Crippen molar-refractivity contribution in [2.24, 2.45) is 10.9 Å². The van der Waals surface area contributed by atoms with Crippen LogP contribution in [-0.2, 0) is 4.79 Å². The zero-order chi connectivity index (χ0) is 19.7. The lowest BCUT2D eigenvalue weighted by Gasteiger charge is -2.17. The molecule has 0 atom stereocenters. The van der Waals surface area contributed by atoms with Gasteiger partial charge in [0.05, 0.1) is 28.0 Å². The van der Waals surface area contributed by atoms with Gasteiger partial charge >= 0.3 is 0 Å². The Kier molecular flexibility index (Phi) is 5.05. The van der Waals surface area contributed by atoms with Gasteiger partial charge in [-0.3, -0.25) is 9.69 Å². The average Bonchev–Trinajstić information content (AvgIpc) is 3.23. The number of carbonyl (C=O) groups is 1. The smallest absolute Gasteiger partial charge is 0.266 e. The van der Waals surface area contributed by atoms with E-state index in [0.29, 0.717) is 17.4 Å². The van der Waals surface area contributed by atoms with Gasteiger partial charge in [-0.2, -0.15) is 0 Å². The van der Waals surface area contributed by atoms with E-state index in [0.717, 1.165) is 27.5 Å². The van der Waals surface area contributed by atoms with Crippen LogP contribution in [0.25, 0.3) is 17.1 Å². The Morgan fingerprint density at radius 3 is 2.75 bits per heavy atom. The Balaban J connectivity index is 1.68. The van der Waals surface area contributed by atoms with Crippen LogP contribution in [0.15, 0.2) is 58.7 Å². The van der Waals surface area contributed by atoms with Crippen molar-refractivity contribution in [3.63, 3.8) is 0 Å². The van der Waals surface area contributed by atoms with E-state index in [1.807, 2.05) is 55.5 Å². The zero-order valence-electron chi connectivity index (χ0n) is 16.1. The van der Waals surface area contributed by atoms with Gasteiger partial charge < -0.3 is 4.98 Å². The second kappa shape index (κ2) is 7.64. The number of amides is 1. The summed E-state index contributed by atoms with van der Waals surface area (Å²) in [6.07, 6.45) is 3.60. The van der Waals surface area contributed by atoms with Crippen molar-refractivity contribution in [1.29, 1.82) is 0 Å². The number of rotatable bonds is 4. The molecule has 0 aliphatic carbocycles. The van der Waals surface area contributed by atoms with Gasteiger partial charge in [-0.15, -0.1) is 0 Å². The summed E-state index contributed by atoms with van der Waals surface area (Å²) in [5.41, 5.74) is 4.87. The SMILES string of the molecule is Cc1ccc(/N=C2\S/C(=C\c3ccc4[nH]cnc4c3)C(=O)N2CC(C)C)cc1. The Hall–Kier alpha value is -2.86. The van der Waals surface area contributed by atoms with Crippen molar-refractivity contribution in [2.45, 2.75) is 20.8 Å². The number of nitrogens with one attached hydrogen (secondary N) is 1. The summed E-state index contributed by atoms with van der Waals surface area (Å²) in [5, 5.41) is 0.731. The summed E-state index contributed by atoms with van der Waals surface area (Å²) in [4.78, 5) is 27.6. The number of hydrogen-bond donors (Lipinski definition) is 1. The number of fused-ring (bicyclic) bond motifs is 1. The van der Waals surface area contributed by atoms with E-state index in [2.05, 4.69) is 23.8 Å². The van der Waals surface area contributed by atoms with Gasteiger partial charge in [0.25, 0.3) is 5.91 Å². The van der Waals surface area contributed by atoms with E-state index < -0.39 is 0 Å². The first-order valence-electron chi connectivity index (χ1n) is 9.29. The summed E-state index contributed by atoms with van der Waals surface area (Å²) in [6, 6.07) is 14.0. The number of H-pyrrole nitrogens is 1. The molecule has 1 saturated heterocycles. The first-order valence-corrected chi connectivity index (χ1v) is 10.1. The standard InChI is InChI=1S/C22H22N4OS/c1-14(2)12-26-21(27)20(11-16-6-9-18-19(10-16)24-13-23-18)28-22(26)25-17-7-4-15(3)5-8-17/h4-11,13-14H,12H2,1-3H3,(H,23,24)/b20-11-,25-22-. The first-order chi connectivity index (χ1) is 13.5. The van der Waals surface area contributed by atoms with Gasteiger partial charge in [0.2, 0.25) is 0 Å². The largest absolute Gasteiger partial charge is 0.345 e. The molecule has 2 heterocycles. The van der Waals surface area contributed by atoms with Crippen molar-refractivity contribution >= 4 is 45.6 Å². The van der Waals surface area contributed by atoms with Crippen LogP contribution in [0, 0.1) is 12.8 Å². The molecular weight excluding hydrogens is 368 g/mol. The van der Waals surface area contributed by atoms with Crippen LogP contribution in [0.2, 0.25) is 0 Å². The number of aryl methyl sites for hydroxylation is 1. The van der Waals surface area contributed by atoms with Gasteiger partial charge in [0.15, 0.2) is 5.17 Å². The first kappa shape index (κ1) is 18.5. The third-order valence-electron chi connectivity index (χ3n) is 4.44.